The fraction of sp³-hybridized carbons (Fsp3) is 0.455. The Bertz CT molecular complexity index is 1380. The smallest absolute Gasteiger partial charge is 0.229 e. The Labute approximate surface area is 280 Å². The predicted octanol–water partition coefficient (Wildman–Crippen LogP) is -1.68. The van der Waals surface area contributed by atoms with Crippen molar-refractivity contribution in [3.05, 3.63) is 59.7 Å². The first-order valence-electron chi connectivity index (χ1n) is 15.1. The average Bonchev–Trinajstić information content (AvgIpc) is 3.10. The zero-order valence-corrected chi connectivity index (χ0v) is 26.5. The van der Waals surface area contributed by atoms with Crippen molar-refractivity contribution >= 4 is 23.7 Å². The third kappa shape index (κ3) is 9.20. The van der Waals surface area contributed by atoms with Gasteiger partial charge in [-0.3, -0.25) is 9.59 Å². The first kappa shape index (κ1) is 37.9. The molecule has 2 aliphatic rings. The summed E-state index contributed by atoms with van der Waals surface area (Å²) in [5, 5.41) is 79.1. The van der Waals surface area contributed by atoms with Crippen LogP contribution >= 0.6 is 0 Å². The van der Waals surface area contributed by atoms with Crippen LogP contribution in [0.3, 0.4) is 0 Å². The number of carbonyl (C=O) groups excluding carboxylic acids is 2. The minimum Gasteiger partial charge on any atom is -0.493 e. The van der Waals surface area contributed by atoms with Crippen molar-refractivity contribution < 1.29 is 78.9 Å². The van der Waals surface area contributed by atoms with E-state index in [1.807, 2.05) is 0 Å². The van der Waals surface area contributed by atoms with Gasteiger partial charge in [0.25, 0.3) is 0 Å². The van der Waals surface area contributed by atoms with Crippen LogP contribution in [0.5, 0.6) is 23.0 Å². The zero-order chi connectivity index (χ0) is 35.8. The summed E-state index contributed by atoms with van der Waals surface area (Å²) in [6.07, 6.45) is -9.81. The van der Waals surface area contributed by atoms with Crippen molar-refractivity contribution in [2.45, 2.75) is 67.8 Å². The maximum absolute atomic E-state index is 12.5. The van der Waals surface area contributed by atoms with E-state index < -0.39 is 92.6 Å². The van der Waals surface area contributed by atoms with Crippen molar-refractivity contribution in [1.29, 1.82) is 0 Å². The molecule has 2 saturated heterocycles. The molecule has 16 heteroatoms. The molecule has 0 bridgehead atoms. The van der Waals surface area contributed by atoms with Crippen LogP contribution in [0.1, 0.15) is 17.5 Å². The third-order valence-corrected chi connectivity index (χ3v) is 7.83. The van der Waals surface area contributed by atoms with Crippen molar-refractivity contribution in [2.75, 3.05) is 27.4 Å². The Morgan fingerprint density at radius 3 is 1.35 bits per heavy atom. The number of aliphatic hydroxyl groups is 8. The number of ketones is 2. The summed E-state index contributed by atoms with van der Waals surface area (Å²) < 4.78 is 32.6. The minimum atomic E-state index is -1.62. The van der Waals surface area contributed by atoms with E-state index in [0.717, 1.165) is 0 Å². The fourth-order valence-electron chi connectivity index (χ4n) is 5.02. The Hall–Kier alpha value is -3.94. The fourth-order valence-corrected chi connectivity index (χ4v) is 5.02. The van der Waals surface area contributed by atoms with Gasteiger partial charge in [0, 0.05) is 0 Å². The molecular formula is C33H40O16. The van der Waals surface area contributed by atoms with Crippen LogP contribution in [0, 0.1) is 0 Å². The van der Waals surface area contributed by atoms with Crippen LogP contribution in [0.15, 0.2) is 48.6 Å². The molecule has 0 aliphatic carbocycles. The Morgan fingerprint density at radius 2 is 1.00 bits per heavy atom. The molecule has 10 atom stereocenters. The topological polar surface area (TPSA) is 251 Å². The van der Waals surface area contributed by atoms with E-state index in [9.17, 15) is 50.4 Å². The molecular weight excluding hydrogens is 652 g/mol. The standard InChI is InChI=1S/C33H40O16/c1-44-22-11-16(5-9-20(22)46-32-30(42)28(40)26(38)24(14-34)48-32)3-7-18(36)13-19(37)8-4-17-6-10-21(23(12-17)45-2)47-33-31(43)29(41)27(39)25(15-35)49-33/h3-12,24-35,38-43H,13-15H2,1-2H3/b7-3+,8-4+/t24-,25-,26-,27-,28+,29+,30-,31-,32+,33+/m1/s1. The van der Waals surface area contributed by atoms with E-state index >= 15 is 0 Å². The molecule has 0 saturated carbocycles. The number of allylic oxidation sites excluding steroid dienone is 2. The van der Waals surface area contributed by atoms with Crippen LogP contribution in [-0.2, 0) is 19.1 Å². The van der Waals surface area contributed by atoms with Gasteiger partial charge in [0.05, 0.1) is 33.9 Å². The van der Waals surface area contributed by atoms with Gasteiger partial charge in [-0.2, -0.15) is 0 Å². The summed E-state index contributed by atoms with van der Waals surface area (Å²) in [6.45, 7) is -1.24. The second-order valence-electron chi connectivity index (χ2n) is 11.2. The maximum Gasteiger partial charge on any atom is 0.229 e. The van der Waals surface area contributed by atoms with E-state index in [-0.39, 0.29) is 23.0 Å². The molecule has 268 valence electrons. The van der Waals surface area contributed by atoms with Crippen LogP contribution < -0.4 is 18.9 Å². The van der Waals surface area contributed by atoms with Crippen molar-refractivity contribution in [1.82, 2.24) is 0 Å². The van der Waals surface area contributed by atoms with Gasteiger partial charge >= 0.3 is 0 Å². The number of benzene rings is 2. The Kier molecular flexibility index (Phi) is 13.2. The van der Waals surface area contributed by atoms with Crippen molar-refractivity contribution in [3.8, 4) is 23.0 Å². The van der Waals surface area contributed by atoms with Gasteiger partial charge in [-0.25, -0.2) is 0 Å². The van der Waals surface area contributed by atoms with Gasteiger partial charge in [-0.15, -0.1) is 0 Å². The van der Waals surface area contributed by atoms with Crippen LogP contribution in [0.2, 0.25) is 0 Å². The van der Waals surface area contributed by atoms with Crippen LogP contribution in [0.4, 0.5) is 0 Å². The lowest BCUT2D eigenvalue weighted by Crippen LogP contribution is -2.60. The summed E-state index contributed by atoms with van der Waals surface area (Å²) in [5.41, 5.74) is 1.01. The van der Waals surface area contributed by atoms with Crippen LogP contribution in [-0.4, -0.2) is 141 Å². The third-order valence-electron chi connectivity index (χ3n) is 7.83. The zero-order valence-electron chi connectivity index (χ0n) is 26.5. The molecule has 0 unspecified atom stereocenters. The molecule has 2 aliphatic heterocycles. The molecule has 2 fully saturated rings. The van der Waals surface area contributed by atoms with E-state index in [2.05, 4.69) is 0 Å². The summed E-state index contributed by atoms with van der Waals surface area (Å²) in [5.74, 6) is -0.384. The molecule has 8 N–H and O–H groups in total. The second kappa shape index (κ2) is 17.1. The van der Waals surface area contributed by atoms with E-state index in [1.54, 1.807) is 12.1 Å². The maximum atomic E-state index is 12.5. The molecule has 2 aromatic rings. The minimum absolute atomic E-state index is 0.112. The number of ether oxygens (including phenoxy) is 6. The summed E-state index contributed by atoms with van der Waals surface area (Å²) >= 11 is 0. The number of methoxy groups -OCH3 is 2. The van der Waals surface area contributed by atoms with E-state index in [0.29, 0.717) is 11.1 Å². The van der Waals surface area contributed by atoms with Crippen molar-refractivity contribution in [3.63, 3.8) is 0 Å². The summed E-state index contributed by atoms with van der Waals surface area (Å²) in [7, 11) is 2.71. The highest BCUT2D eigenvalue weighted by atomic mass is 16.7. The van der Waals surface area contributed by atoms with E-state index in [1.165, 1.54) is 62.8 Å². The number of hydrogen-bond acceptors (Lipinski definition) is 16. The van der Waals surface area contributed by atoms with Crippen LogP contribution in [0.25, 0.3) is 12.2 Å². The number of carbonyl (C=O) groups is 2. The van der Waals surface area contributed by atoms with Gasteiger partial charge < -0.3 is 69.3 Å². The second-order valence-corrected chi connectivity index (χ2v) is 11.2. The first-order valence-corrected chi connectivity index (χ1v) is 15.1. The highest BCUT2D eigenvalue weighted by molar-refractivity contribution is 6.10. The molecule has 0 amide bonds. The molecule has 2 aromatic carbocycles. The molecule has 16 nitrogen and oxygen atoms in total. The predicted molar refractivity (Wildman–Crippen MR) is 167 cm³/mol. The molecule has 0 aromatic heterocycles. The normalized spacial score (nSPS) is 30.3. The highest BCUT2D eigenvalue weighted by Crippen LogP contribution is 2.34. The lowest BCUT2D eigenvalue weighted by atomic mass is 9.99. The lowest BCUT2D eigenvalue weighted by molar-refractivity contribution is -0.277. The number of aliphatic hydroxyl groups excluding tert-OH is 8. The highest BCUT2D eigenvalue weighted by Gasteiger charge is 2.46. The van der Waals surface area contributed by atoms with Crippen molar-refractivity contribution in [2.24, 2.45) is 0 Å². The first-order chi connectivity index (χ1) is 23.4. The SMILES string of the molecule is COc1cc(/C=C/C(=O)CC(=O)/C=C/c2ccc(O[C@H]3O[C@H](CO)[C@@H](O)[C@H](O)[C@H]3O)c(OC)c2)ccc1O[C@H]1O[C@H](CO)[C@@H](O)[C@H](O)[C@H]1O. The quantitative estimate of drug-likeness (QED) is 0.0813. The average molecular weight is 693 g/mol. The summed E-state index contributed by atoms with van der Waals surface area (Å²) in [6, 6.07) is 9.09. The Morgan fingerprint density at radius 1 is 0.612 bits per heavy atom. The number of hydrogen-bond donors (Lipinski definition) is 8. The lowest BCUT2D eigenvalue weighted by Gasteiger charge is -2.39. The molecule has 0 radical (unpaired) electrons. The van der Waals surface area contributed by atoms with Gasteiger partial charge in [-0.05, 0) is 47.5 Å². The number of rotatable bonds is 14. The summed E-state index contributed by atoms with van der Waals surface area (Å²) in [4.78, 5) is 25.0. The largest absolute Gasteiger partial charge is 0.493 e. The molecule has 0 spiro atoms. The van der Waals surface area contributed by atoms with Gasteiger partial charge in [0.15, 0.2) is 34.6 Å². The molecule has 2 heterocycles. The Balaban J connectivity index is 1.33. The molecule has 49 heavy (non-hydrogen) atoms. The van der Waals surface area contributed by atoms with Gasteiger partial charge in [0.2, 0.25) is 12.6 Å². The van der Waals surface area contributed by atoms with Gasteiger partial charge in [-0.1, -0.05) is 24.3 Å². The molecule has 4 rings (SSSR count). The monoisotopic (exact) mass is 692 g/mol. The van der Waals surface area contributed by atoms with Gasteiger partial charge in [0.1, 0.15) is 48.8 Å². The van der Waals surface area contributed by atoms with E-state index in [4.69, 9.17) is 28.4 Å².